The minimum Gasteiger partial charge on any atom is -0.497 e. The molecule has 0 spiro atoms. The molecule has 1 atom stereocenters. The van der Waals surface area contributed by atoms with Crippen LogP contribution in [0.25, 0.3) is 0 Å². The summed E-state index contributed by atoms with van der Waals surface area (Å²) >= 11 is 0. The summed E-state index contributed by atoms with van der Waals surface area (Å²) in [6, 6.07) is 18.2. The Morgan fingerprint density at radius 1 is 0.957 bits per heavy atom. The molecule has 0 aliphatic carbocycles. The average molecular weight is 312 g/mol. The molecule has 2 aromatic rings. The topological polar surface area (TPSA) is 35.9 Å². The Hall–Kier alpha value is -2.04. The van der Waals surface area contributed by atoms with Crippen LogP contribution in [0, 0.1) is 0 Å². The smallest absolute Gasteiger partial charge is 0.118 e. The van der Waals surface area contributed by atoms with Crippen LogP contribution in [0.1, 0.15) is 11.7 Å². The van der Waals surface area contributed by atoms with E-state index in [-0.39, 0.29) is 0 Å². The van der Waals surface area contributed by atoms with E-state index < -0.39 is 6.10 Å². The number of nitrogens with zero attached hydrogens (tertiary/aromatic N) is 2. The van der Waals surface area contributed by atoms with Crippen LogP contribution >= 0.6 is 0 Å². The lowest BCUT2D eigenvalue weighted by molar-refractivity contribution is 0.109. The number of aliphatic hydroxyl groups excluding tert-OH is 1. The summed E-state index contributed by atoms with van der Waals surface area (Å²) in [5, 5.41) is 10.4. The molecule has 1 N–H and O–H groups in total. The molecular formula is C19H24N2O2. The third kappa shape index (κ3) is 4.03. The number of rotatable bonds is 5. The summed E-state index contributed by atoms with van der Waals surface area (Å²) in [6.07, 6.45) is -0.454. The van der Waals surface area contributed by atoms with Crippen molar-refractivity contribution in [2.24, 2.45) is 0 Å². The second kappa shape index (κ2) is 7.49. The van der Waals surface area contributed by atoms with E-state index in [9.17, 15) is 5.11 Å². The Labute approximate surface area is 137 Å². The van der Waals surface area contributed by atoms with Gasteiger partial charge in [0, 0.05) is 38.4 Å². The molecule has 4 heteroatoms. The molecule has 3 rings (SSSR count). The van der Waals surface area contributed by atoms with E-state index >= 15 is 0 Å². The Morgan fingerprint density at radius 3 is 2.22 bits per heavy atom. The van der Waals surface area contributed by atoms with Crippen LogP contribution in [0.3, 0.4) is 0 Å². The van der Waals surface area contributed by atoms with Crippen LogP contribution in [-0.2, 0) is 0 Å². The van der Waals surface area contributed by atoms with Gasteiger partial charge in [-0.05, 0) is 29.8 Å². The van der Waals surface area contributed by atoms with Crippen molar-refractivity contribution in [3.8, 4) is 5.75 Å². The van der Waals surface area contributed by atoms with Gasteiger partial charge in [-0.3, -0.25) is 4.90 Å². The molecule has 122 valence electrons. The van der Waals surface area contributed by atoms with Crippen LogP contribution in [0.15, 0.2) is 54.6 Å². The van der Waals surface area contributed by atoms with Gasteiger partial charge < -0.3 is 14.7 Å². The normalized spacial score (nSPS) is 17.0. The van der Waals surface area contributed by atoms with E-state index in [4.69, 9.17) is 4.74 Å². The molecule has 2 aromatic carbocycles. The Bertz CT molecular complexity index is 593. The molecule has 0 amide bonds. The van der Waals surface area contributed by atoms with Gasteiger partial charge in [-0.15, -0.1) is 0 Å². The first-order chi connectivity index (χ1) is 11.3. The molecule has 1 heterocycles. The van der Waals surface area contributed by atoms with Crippen molar-refractivity contribution >= 4 is 5.69 Å². The summed E-state index contributed by atoms with van der Waals surface area (Å²) in [5.74, 6) is 0.817. The molecule has 1 aliphatic heterocycles. The van der Waals surface area contributed by atoms with Gasteiger partial charge in [-0.1, -0.05) is 30.3 Å². The number of piperazine rings is 1. The molecule has 0 saturated carbocycles. The van der Waals surface area contributed by atoms with Crippen LogP contribution in [0.2, 0.25) is 0 Å². The summed E-state index contributed by atoms with van der Waals surface area (Å²) in [4.78, 5) is 4.73. The lowest BCUT2D eigenvalue weighted by atomic mass is 10.1. The van der Waals surface area contributed by atoms with Crippen LogP contribution < -0.4 is 9.64 Å². The highest BCUT2D eigenvalue weighted by atomic mass is 16.5. The van der Waals surface area contributed by atoms with E-state index in [2.05, 4.69) is 34.1 Å². The van der Waals surface area contributed by atoms with Gasteiger partial charge in [-0.25, -0.2) is 0 Å². The monoisotopic (exact) mass is 312 g/mol. The number of anilines is 1. The maximum absolute atomic E-state index is 10.4. The third-order valence-electron chi connectivity index (χ3n) is 4.43. The van der Waals surface area contributed by atoms with Crippen LogP contribution in [0.4, 0.5) is 5.69 Å². The summed E-state index contributed by atoms with van der Waals surface area (Å²) in [5.41, 5.74) is 2.22. The standard InChI is InChI=1S/C19H24N2O2/c1-23-18-9-7-16(8-10-18)19(22)15-20-11-13-21(14-12-20)17-5-3-2-4-6-17/h2-10,19,22H,11-15H2,1H3/t19-/m0/s1. The largest absolute Gasteiger partial charge is 0.497 e. The fourth-order valence-electron chi connectivity index (χ4n) is 3.00. The van der Waals surface area contributed by atoms with Crippen molar-refractivity contribution in [3.05, 3.63) is 60.2 Å². The summed E-state index contributed by atoms with van der Waals surface area (Å²) in [7, 11) is 1.65. The zero-order chi connectivity index (χ0) is 16.1. The van der Waals surface area contributed by atoms with E-state index in [0.29, 0.717) is 6.54 Å². The van der Waals surface area contributed by atoms with Gasteiger partial charge in [0.1, 0.15) is 5.75 Å². The fraction of sp³-hybridized carbons (Fsp3) is 0.368. The number of methoxy groups -OCH3 is 1. The molecule has 1 fully saturated rings. The SMILES string of the molecule is COc1ccc([C@@H](O)CN2CCN(c3ccccc3)CC2)cc1. The van der Waals surface area contributed by atoms with Gasteiger partial charge >= 0.3 is 0 Å². The fourth-order valence-corrected chi connectivity index (χ4v) is 3.00. The van der Waals surface area contributed by atoms with Gasteiger partial charge in [-0.2, -0.15) is 0 Å². The predicted octanol–water partition coefficient (Wildman–Crippen LogP) is 2.55. The van der Waals surface area contributed by atoms with E-state index in [1.807, 2.05) is 30.3 Å². The first kappa shape index (κ1) is 15.8. The molecule has 0 bridgehead atoms. The van der Waals surface area contributed by atoms with E-state index in [1.54, 1.807) is 7.11 Å². The average Bonchev–Trinajstić information content (AvgIpc) is 2.63. The van der Waals surface area contributed by atoms with Crippen molar-refractivity contribution in [2.75, 3.05) is 44.7 Å². The second-order valence-corrected chi connectivity index (χ2v) is 5.91. The zero-order valence-corrected chi connectivity index (χ0v) is 13.6. The van der Waals surface area contributed by atoms with Gasteiger partial charge in [0.05, 0.1) is 13.2 Å². The number of hydrogen-bond acceptors (Lipinski definition) is 4. The number of benzene rings is 2. The second-order valence-electron chi connectivity index (χ2n) is 5.91. The number of β-amino-alcohol motifs (C(OH)–C–C–N with tert-alkyl or cyclic N) is 1. The highest BCUT2D eigenvalue weighted by Crippen LogP contribution is 2.20. The Morgan fingerprint density at radius 2 is 1.61 bits per heavy atom. The Kier molecular flexibility index (Phi) is 5.16. The lowest BCUT2D eigenvalue weighted by Gasteiger charge is -2.37. The number of ether oxygens (including phenoxy) is 1. The van der Waals surface area contributed by atoms with Crippen molar-refractivity contribution in [1.29, 1.82) is 0 Å². The first-order valence-electron chi connectivity index (χ1n) is 8.10. The first-order valence-corrected chi connectivity index (χ1v) is 8.10. The molecule has 0 radical (unpaired) electrons. The maximum atomic E-state index is 10.4. The molecule has 0 aromatic heterocycles. The van der Waals surface area contributed by atoms with Crippen molar-refractivity contribution in [3.63, 3.8) is 0 Å². The van der Waals surface area contributed by atoms with Crippen molar-refractivity contribution in [1.82, 2.24) is 4.90 Å². The molecule has 23 heavy (non-hydrogen) atoms. The highest BCUT2D eigenvalue weighted by Gasteiger charge is 2.20. The minimum absolute atomic E-state index is 0.454. The van der Waals surface area contributed by atoms with Crippen molar-refractivity contribution < 1.29 is 9.84 Å². The molecule has 4 nitrogen and oxygen atoms in total. The van der Waals surface area contributed by atoms with Gasteiger partial charge in [0.15, 0.2) is 0 Å². The molecule has 1 saturated heterocycles. The van der Waals surface area contributed by atoms with Gasteiger partial charge in [0.25, 0.3) is 0 Å². The lowest BCUT2D eigenvalue weighted by Crippen LogP contribution is -2.47. The van der Waals surface area contributed by atoms with Crippen LogP contribution in [0.5, 0.6) is 5.75 Å². The molecule has 0 unspecified atom stereocenters. The van der Waals surface area contributed by atoms with E-state index in [1.165, 1.54) is 5.69 Å². The summed E-state index contributed by atoms with van der Waals surface area (Å²) in [6.45, 7) is 4.62. The number of hydrogen-bond donors (Lipinski definition) is 1. The maximum Gasteiger partial charge on any atom is 0.118 e. The van der Waals surface area contributed by atoms with E-state index in [0.717, 1.165) is 37.5 Å². The number of para-hydroxylation sites is 1. The minimum atomic E-state index is -0.454. The van der Waals surface area contributed by atoms with Crippen molar-refractivity contribution in [2.45, 2.75) is 6.10 Å². The quantitative estimate of drug-likeness (QED) is 0.920. The zero-order valence-electron chi connectivity index (χ0n) is 13.6. The van der Waals surface area contributed by atoms with Gasteiger partial charge in [0.2, 0.25) is 0 Å². The number of aliphatic hydroxyl groups is 1. The molecule has 1 aliphatic rings. The Balaban J connectivity index is 1.51. The predicted molar refractivity (Wildman–Crippen MR) is 93.0 cm³/mol. The molecular weight excluding hydrogens is 288 g/mol. The highest BCUT2D eigenvalue weighted by molar-refractivity contribution is 5.46. The summed E-state index contributed by atoms with van der Waals surface area (Å²) < 4.78 is 5.16. The third-order valence-corrected chi connectivity index (χ3v) is 4.43. The van der Waals surface area contributed by atoms with Crippen LogP contribution in [-0.4, -0.2) is 49.8 Å².